The van der Waals surface area contributed by atoms with E-state index in [1.165, 1.54) is 0 Å². The number of aromatic nitrogens is 4. The second-order valence-electron chi connectivity index (χ2n) is 3.82. The number of nitrogens with zero attached hydrogens (tertiary/aromatic N) is 4. The summed E-state index contributed by atoms with van der Waals surface area (Å²) in [5, 5.41) is 0. The molecule has 17 heavy (non-hydrogen) atoms. The Morgan fingerprint density at radius 1 is 0.882 bits per heavy atom. The monoisotopic (exact) mass is 224 g/mol. The van der Waals surface area contributed by atoms with E-state index < -0.39 is 0 Å². The molecule has 3 rings (SSSR count). The second-order valence-corrected chi connectivity index (χ2v) is 3.82. The molecule has 4 nitrogen and oxygen atoms in total. The van der Waals surface area contributed by atoms with Crippen molar-refractivity contribution in [2.45, 2.75) is 0 Å². The maximum Gasteiger partial charge on any atom is 0.181 e. The van der Waals surface area contributed by atoms with Gasteiger partial charge in [-0.05, 0) is 12.1 Å². The van der Waals surface area contributed by atoms with Gasteiger partial charge in [0.1, 0.15) is 0 Å². The third kappa shape index (κ3) is 1.63. The average molecular weight is 224 g/mol. The van der Waals surface area contributed by atoms with Crippen molar-refractivity contribution in [3.8, 4) is 17.3 Å². The summed E-state index contributed by atoms with van der Waals surface area (Å²) >= 11 is 0. The van der Waals surface area contributed by atoms with Gasteiger partial charge >= 0.3 is 0 Å². The van der Waals surface area contributed by atoms with Gasteiger partial charge < -0.3 is 4.57 Å². The normalized spacial score (nSPS) is 10.6. The predicted octanol–water partition coefficient (Wildman–Crippen LogP) is 2.27. The van der Waals surface area contributed by atoms with Crippen LogP contribution < -0.4 is 0 Å². The van der Waals surface area contributed by atoms with Crippen LogP contribution in [0.2, 0.25) is 0 Å². The highest BCUT2D eigenvalue weighted by Gasteiger charge is 2.10. The van der Waals surface area contributed by atoms with Gasteiger partial charge in [0, 0.05) is 37.5 Å². The van der Waals surface area contributed by atoms with E-state index in [4.69, 9.17) is 0 Å². The Morgan fingerprint density at radius 2 is 1.59 bits per heavy atom. The van der Waals surface area contributed by atoms with Gasteiger partial charge in [-0.3, -0.25) is 4.57 Å². The molecule has 4 heteroatoms. The van der Waals surface area contributed by atoms with E-state index in [2.05, 4.69) is 9.97 Å². The lowest BCUT2D eigenvalue weighted by atomic mass is 10.3. The Labute approximate surface area is 99.2 Å². The van der Waals surface area contributed by atoms with Crippen molar-refractivity contribution < 1.29 is 0 Å². The van der Waals surface area contributed by atoms with E-state index in [0.717, 1.165) is 17.3 Å². The van der Waals surface area contributed by atoms with Crippen LogP contribution in [0.3, 0.4) is 0 Å². The summed E-state index contributed by atoms with van der Waals surface area (Å²) in [6.45, 7) is 0. The zero-order valence-corrected chi connectivity index (χ0v) is 9.49. The summed E-state index contributed by atoms with van der Waals surface area (Å²) in [5.74, 6) is 1.71. The number of benzene rings is 1. The van der Waals surface area contributed by atoms with Crippen LogP contribution >= 0.6 is 0 Å². The molecule has 0 aliphatic rings. The Hall–Kier alpha value is -2.36. The number of hydrogen-bond donors (Lipinski definition) is 0. The average Bonchev–Trinajstić information content (AvgIpc) is 2.98. The summed E-state index contributed by atoms with van der Waals surface area (Å²) in [6.07, 6.45) is 7.43. The molecule has 84 valence electrons. The zero-order valence-electron chi connectivity index (χ0n) is 9.49. The van der Waals surface area contributed by atoms with E-state index in [1.54, 1.807) is 12.4 Å². The van der Waals surface area contributed by atoms with E-state index in [-0.39, 0.29) is 0 Å². The Balaban J connectivity index is 2.16. The van der Waals surface area contributed by atoms with Gasteiger partial charge in [0.2, 0.25) is 0 Å². The van der Waals surface area contributed by atoms with Crippen molar-refractivity contribution in [1.82, 2.24) is 19.1 Å². The molecule has 0 bridgehead atoms. The number of aryl methyl sites for hydroxylation is 1. The Morgan fingerprint density at radius 3 is 2.29 bits per heavy atom. The molecule has 0 atom stereocenters. The Bertz CT molecular complexity index is 622. The van der Waals surface area contributed by atoms with Crippen LogP contribution in [0.5, 0.6) is 0 Å². The molecule has 0 radical (unpaired) electrons. The first-order valence-corrected chi connectivity index (χ1v) is 5.43. The molecule has 3 aromatic rings. The van der Waals surface area contributed by atoms with Crippen molar-refractivity contribution in [1.29, 1.82) is 0 Å². The lowest BCUT2D eigenvalue weighted by molar-refractivity contribution is 0.897. The minimum Gasteiger partial charge on any atom is -0.331 e. The standard InChI is InChI=1S/C13H12N4/c1-16-9-7-14-12(16)13-15-8-10-17(13)11-5-3-2-4-6-11/h2-10H,1H3. The topological polar surface area (TPSA) is 35.6 Å². The second kappa shape index (κ2) is 3.90. The quantitative estimate of drug-likeness (QED) is 0.669. The molecule has 0 aliphatic carbocycles. The first-order chi connectivity index (χ1) is 8.36. The molecule has 2 aromatic heterocycles. The first-order valence-electron chi connectivity index (χ1n) is 5.43. The fourth-order valence-corrected chi connectivity index (χ4v) is 1.85. The SMILES string of the molecule is Cn1ccnc1-c1nccn1-c1ccccc1. The minimum atomic E-state index is 0.851. The van der Waals surface area contributed by atoms with E-state index in [1.807, 2.05) is 58.9 Å². The van der Waals surface area contributed by atoms with Gasteiger partial charge in [-0.2, -0.15) is 0 Å². The highest BCUT2D eigenvalue weighted by molar-refractivity contribution is 5.50. The van der Waals surface area contributed by atoms with Gasteiger partial charge in [0.15, 0.2) is 11.6 Å². The third-order valence-corrected chi connectivity index (χ3v) is 2.70. The molecule has 0 saturated heterocycles. The van der Waals surface area contributed by atoms with Crippen molar-refractivity contribution in [3.05, 3.63) is 55.1 Å². The molecule has 0 unspecified atom stereocenters. The molecular formula is C13H12N4. The summed E-state index contributed by atoms with van der Waals surface area (Å²) < 4.78 is 3.99. The molecule has 0 N–H and O–H groups in total. The van der Waals surface area contributed by atoms with Crippen LogP contribution in [0.25, 0.3) is 17.3 Å². The fraction of sp³-hybridized carbons (Fsp3) is 0.0769. The van der Waals surface area contributed by atoms with Crippen molar-refractivity contribution in [2.75, 3.05) is 0 Å². The van der Waals surface area contributed by atoms with Crippen LogP contribution in [-0.4, -0.2) is 19.1 Å². The van der Waals surface area contributed by atoms with Gasteiger partial charge in [-0.15, -0.1) is 0 Å². The number of para-hydroxylation sites is 1. The van der Waals surface area contributed by atoms with Crippen LogP contribution in [0.1, 0.15) is 0 Å². The zero-order chi connectivity index (χ0) is 11.7. The highest BCUT2D eigenvalue weighted by Crippen LogP contribution is 2.18. The maximum atomic E-state index is 4.38. The summed E-state index contributed by atoms with van der Waals surface area (Å²) in [4.78, 5) is 8.70. The van der Waals surface area contributed by atoms with Crippen molar-refractivity contribution in [3.63, 3.8) is 0 Å². The molecule has 0 fully saturated rings. The molecular weight excluding hydrogens is 212 g/mol. The number of hydrogen-bond acceptors (Lipinski definition) is 2. The smallest absolute Gasteiger partial charge is 0.181 e. The van der Waals surface area contributed by atoms with Gasteiger partial charge in [-0.25, -0.2) is 9.97 Å². The minimum absolute atomic E-state index is 0.851. The predicted molar refractivity (Wildman–Crippen MR) is 65.8 cm³/mol. The van der Waals surface area contributed by atoms with E-state index in [0.29, 0.717) is 0 Å². The van der Waals surface area contributed by atoms with E-state index >= 15 is 0 Å². The van der Waals surface area contributed by atoms with Crippen LogP contribution in [-0.2, 0) is 7.05 Å². The van der Waals surface area contributed by atoms with Gasteiger partial charge in [-0.1, -0.05) is 18.2 Å². The van der Waals surface area contributed by atoms with Crippen molar-refractivity contribution >= 4 is 0 Å². The molecule has 0 amide bonds. The highest BCUT2D eigenvalue weighted by atomic mass is 15.1. The van der Waals surface area contributed by atoms with Crippen LogP contribution in [0.15, 0.2) is 55.1 Å². The van der Waals surface area contributed by atoms with E-state index in [9.17, 15) is 0 Å². The number of imidazole rings is 2. The largest absolute Gasteiger partial charge is 0.331 e. The Kier molecular flexibility index (Phi) is 2.26. The summed E-state index contributed by atoms with van der Waals surface area (Å²) in [6, 6.07) is 10.1. The molecule has 0 spiro atoms. The van der Waals surface area contributed by atoms with Crippen molar-refractivity contribution in [2.24, 2.45) is 7.05 Å². The lowest BCUT2D eigenvalue weighted by Gasteiger charge is -2.07. The fourth-order valence-electron chi connectivity index (χ4n) is 1.85. The lowest BCUT2D eigenvalue weighted by Crippen LogP contribution is -2.00. The molecule has 0 aliphatic heterocycles. The molecule has 1 aromatic carbocycles. The summed E-state index contributed by atoms with van der Waals surface area (Å²) in [5.41, 5.74) is 1.09. The van der Waals surface area contributed by atoms with Crippen LogP contribution in [0.4, 0.5) is 0 Å². The van der Waals surface area contributed by atoms with Gasteiger partial charge in [0.05, 0.1) is 0 Å². The van der Waals surface area contributed by atoms with Crippen LogP contribution in [0, 0.1) is 0 Å². The first kappa shape index (κ1) is 9.84. The van der Waals surface area contributed by atoms with Gasteiger partial charge in [0.25, 0.3) is 0 Å². The molecule has 2 heterocycles. The molecule has 0 saturated carbocycles. The number of rotatable bonds is 2. The maximum absolute atomic E-state index is 4.38. The summed E-state index contributed by atoms with van der Waals surface area (Å²) in [7, 11) is 1.96. The third-order valence-electron chi connectivity index (χ3n) is 2.70.